The fraction of sp³-hybridized carbons (Fsp3) is 0.136. The lowest BCUT2D eigenvalue weighted by atomic mass is 10.0. The summed E-state index contributed by atoms with van der Waals surface area (Å²) in [5.41, 5.74) is 1.19. The Kier molecular flexibility index (Phi) is 7.07. The number of aliphatic carboxylic acids is 1. The molecule has 3 rings (SSSR count). The first-order chi connectivity index (χ1) is 15.2. The molecule has 3 aromatic rings. The molecule has 0 saturated carbocycles. The minimum absolute atomic E-state index is 0.0357. The van der Waals surface area contributed by atoms with Gasteiger partial charge in [0.25, 0.3) is 0 Å². The summed E-state index contributed by atoms with van der Waals surface area (Å²) >= 11 is 12.4. The average Bonchev–Trinajstić information content (AvgIpc) is 3.10. The summed E-state index contributed by atoms with van der Waals surface area (Å²) in [6, 6.07) is 9.24. The number of amides is 1. The number of ether oxygens (including phenoxy) is 2. The van der Waals surface area contributed by atoms with Gasteiger partial charge < -0.3 is 19.6 Å². The van der Waals surface area contributed by atoms with Gasteiger partial charge in [-0.2, -0.15) is 0 Å². The van der Waals surface area contributed by atoms with Crippen molar-refractivity contribution in [1.29, 1.82) is 0 Å². The van der Waals surface area contributed by atoms with Crippen molar-refractivity contribution in [3.05, 3.63) is 63.3 Å². The molecule has 0 aliphatic rings. The maximum Gasteiger partial charge on any atom is 0.411 e. The van der Waals surface area contributed by atoms with Gasteiger partial charge in [0.05, 0.1) is 24.3 Å². The van der Waals surface area contributed by atoms with Gasteiger partial charge in [0.2, 0.25) is 0 Å². The van der Waals surface area contributed by atoms with E-state index in [1.807, 2.05) is 0 Å². The number of aromatic nitrogens is 1. The van der Waals surface area contributed by atoms with E-state index in [0.717, 1.165) is 0 Å². The maximum atomic E-state index is 12.6. The highest BCUT2D eigenvalue weighted by atomic mass is 35.5. The van der Waals surface area contributed by atoms with E-state index in [-0.39, 0.29) is 34.0 Å². The topological polar surface area (TPSA) is 118 Å². The largest absolute Gasteiger partial charge is 0.478 e. The molecule has 32 heavy (non-hydrogen) atoms. The second-order valence-electron chi connectivity index (χ2n) is 6.50. The number of carboxylic acids is 1. The van der Waals surface area contributed by atoms with E-state index in [9.17, 15) is 19.5 Å². The quantitative estimate of drug-likeness (QED) is 0.321. The molecular weight excluding hydrogens is 459 g/mol. The van der Waals surface area contributed by atoms with Crippen molar-refractivity contribution >= 4 is 69.5 Å². The molecule has 166 valence electrons. The first kappa shape index (κ1) is 23.2. The van der Waals surface area contributed by atoms with Gasteiger partial charge in [0.1, 0.15) is 5.69 Å². The smallest absolute Gasteiger partial charge is 0.411 e. The molecule has 8 nitrogen and oxygen atoms in total. The van der Waals surface area contributed by atoms with Crippen LogP contribution in [0.2, 0.25) is 10.0 Å². The highest BCUT2D eigenvalue weighted by Gasteiger charge is 2.22. The standard InChI is InChI=1S/C22H18Cl2N2O6/c1-3-32-21(29)19-15(18-16(24)8-12(23)9-17(18)26-19)10-14(20(27)28)11-5-4-6-13(7-11)25-22(30)31-2/h4-10,26H,3H2,1-2H3,(H,25,30)(H,27,28). The number of esters is 1. The van der Waals surface area contributed by atoms with E-state index in [1.165, 1.54) is 25.3 Å². The van der Waals surface area contributed by atoms with Crippen molar-refractivity contribution in [3.8, 4) is 0 Å². The van der Waals surface area contributed by atoms with Crippen LogP contribution in [0.3, 0.4) is 0 Å². The molecule has 1 heterocycles. The predicted octanol–water partition coefficient (Wildman–Crippen LogP) is 5.45. The molecule has 0 bridgehead atoms. The molecule has 0 saturated heterocycles. The number of carbonyl (C=O) groups is 3. The Hall–Kier alpha value is -3.49. The summed E-state index contributed by atoms with van der Waals surface area (Å²) < 4.78 is 9.67. The number of fused-ring (bicyclic) bond motifs is 1. The number of halogens is 2. The zero-order valence-corrected chi connectivity index (χ0v) is 18.5. The number of aromatic amines is 1. The lowest BCUT2D eigenvalue weighted by Crippen LogP contribution is -2.11. The summed E-state index contributed by atoms with van der Waals surface area (Å²) in [7, 11) is 1.21. The molecule has 10 heteroatoms. The number of anilines is 1. The maximum absolute atomic E-state index is 12.6. The summed E-state index contributed by atoms with van der Waals surface area (Å²) in [5.74, 6) is -1.93. The van der Waals surface area contributed by atoms with Crippen LogP contribution in [0.4, 0.5) is 10.5 Å². The van der Waals surface area contributed by atoms with Crippen LogP contribution in [0.1, 0.15) is 28.5 Å². The van der Waals surface area contributed by atoms with Crippen LogP contribution < -0.4 is 5.32 Å². The van der Waals surface area contributed by atoms with Crippen LogP contribution in [0, 0.1) is 0 Å². The van der Waals surface area contributed by atoms with Crippen molar-refractivity contribution in [3.63, 3.8) is 0 Å². The van der Waals surface area contributed by atoms with Crippen molar-refractivity contribution in [2.24, 2.45) is 0 Å². The zero-order valence-electron chi connectivity index (χ0n) is 17.0. The van der Waals surface area contributed by atoms with E-state index >= 15 is 0 Å². The number of hydrogen-bond donors (Lipinski definition) is 3. The van der Waals surface area contributed by atoms with Gasteiger partial charge in [0, 0.05) is 27.2 Å². The van der Waals surface area contributed by atoms with Gasteiger partial charge in [-0.15, -0.1) is 0 Å². The third-order valence-corrected chi connectivity index (χ3v) is 4.97. The third kappa shape index (κ3) is 4.87. The Morgan fingerprint density at radius 2 is 1.94 bits per heavy atom. The summed E-state index contributed by atoms with van der Waals surface area (Å²) in [5, 5.41) is 13.4. The van der Waals surface area contributed by atoms with Gasteiger partial charge >= 0.3 is 18.0 Å². The highest BCUT2D eigenvalue weighted by molar-refractivity contribution is 6.39. The average molecular weight is 477 g/mol. The van der Waals surface area contributed by atoms with Crippen molar-refractivity contribution in [2.75, 3.05) is 19.0 Å². The van der Waals surface area contributed by atoms with E-state index in [2.05, 4.69) is 15.0 Å². The SMILES string of the molecule is CCOC(=O)c1[nH]c2cc(Cl)cc(Cl)c2c1C=C(C(=O)O)c1cccc(NC(=O)OC)c1. The first-order valence-corrected chi connectivity index (χ1v) is 10.1. The Morgan fingerprint density at radius 3 is 2.59 bits per heavy atom. The van der Waals surface area contributed by atoms with Crippen LogP contribution in [0.5, 0.6) is 0 Å². The number of carboxylic acid groups (broad SMARTS) is 1. The second kappa shape index (κ2) is 9.76. The molecule has 0 aliphatic heterocycles. The Morgan fingerprint density at radius 1 is 1.19 bits per heavy atom. The zero-order chi connectivity index (χ0) is 23.4. The fourth-order valence-electron chi connectivity index (χ4n) is 3.13. The molecule has 0 radical (unpaired) electrons. The van der Waals surface area contributed by atoms with Crippen molar-refractivity contribution < 1.29 is 29.0 Å². The summed E-state index contributed by atoms with van der Waals surface area (Å²) in [6.07, 6.45) is 0.623. The van der Waals surface area contributed by atoms with Crippen LogP contribution in [0.15, 0.2) is 36.4 Å². The van der Waals surface area contributed by atoms with Crippen LogP contribution in [0.25, 0.3) is 22.6 Å². The second-order valence-corrected chi connectivity index (χ2v) is 7.35. The Labute approximate surface area is 192 Å². The molecule has 0 spiro atoms. The van der Waals surface area contributed by atoms with Gasteiger partial charge in [-0.3, -0.25) is 5.32 Å². The number of rotatable bonds is 6. The molecule has 1 aromatic heterocycles. The van der Waals surface area contributed by atoms with Crippen LogP contribution in [-0.4, -0.2) is 41.8 Å². The van der Waals surface area contributed by atoms with Gasteiger partial charge in [0.15, 0.2) is 0 Å². The Balaban J connectivity index is 2.23. The van der Waals surface area contributed by atoms with Crippen molar-refractivity contribution in [1.82, 2.24) is 4.98 Å². The number of benzene rings is 2. The van der Waals surface area contributed by atoms with Crippen LogP contribution >= 0.6 is 23.2 Å². The van der Waals surface area contributed by atoms with Crippen molar-refractivity contribution in [2.45, 2.75) is 6.92 Å². The van der Waals surface area contributed by atoms with E-state index in [4.69, 9.17) is 27.9 Å². The molecule has 2 aromatic carbocycles. The first-order valence-electron chi connectivity index (χ1n) is 9.33. The van der Waals surface area contributed by atoms with Gasteiger partial charge in [-0.1, -0.05) is 35.3 Å². The molecule has 3 N–H and O–H groups in total. The molecule has 0 fully saturated rings. The lowest BCUT2D eigenvalue weighted by Gasteiger charge is -2.08. The normalized spacial score (nSPS) is 11.3. The number of H-pyrrole nitrogens is 1. The molecule has 0 atom stereocenters. The molecule has 0 unspecified atom stereocenters. The monoisotopic (exact) mass is 476 g/mol. The lowest BCUT2D eigenvalue weighted by molar-refractivity contribution is -0.130. The van der Waals surface area contributed by atoms with E-state index in [0.29, 0.717) is 21.6 Å². The number of hydrogen-bond acceptors (Lipinski definition) is 5. The third-order valence-electron chi connectivity index (χ3n) is 4.46. The minimum Gasteiger partial charge on any atom is -0.478 e. The van der Waals surface area contributed by atoms with Gasteiger partial charge in [-0.25, -0.2) is 14.4 Å². The van der Waals surface area contributed by atoms with E-state index < -0.39 is 18.0 Å². The Bertz CT molecular complexity index is 1250. The number of carbonyl (C=O) groups excluding carboxylic acids is 2. The number of methoxy groups -OCH3 is 1. The summed E-state index contributed by atoms with van der Waals surface area (Å²) in [4.78, 5) is 39.1. The van der Waals surface area contributed by atoms with E-state index in [1.54, 1.807) is 31.2 Å². The summed E-state index contributed by atoms with van der Waals surface area (Å²) in [6.45, 7) is 1.78. The van der Waals surface area contributed by atoms with Gasteiger partial charge in [-0.05, 0) is 42.8 Å². The number of nitrogens with one attached hydrogen (secondary N) is 2. The molecular formula is C22H18Cl2N2O6. The highest BCUT2D eigenvalue weighted by Crippen LogP contribution is 2.35. The molecule has 1 amide bonds. The predicted molar refractivity (Wildman–Crippen MR) is 122 cm³/mol. The van der Waals surface area contributed by atoms with Crippen LogP contribution in [-0.2, 0) is 14.3 Å². The molecule has 0 aliphatic carbocycles. The minimum atomic E-state index is -1.26. The fourth-order valence-corrected chi connectivity index (χ4v) is 3.72.